The highest BCUT2D eigenvalue weighted by molar-refractivity contribution is 5.88. The van der Waals surface area contributed by atoms with Crippen molar-refractivity contribution in [2.45, 2.75) is 37.3 Å². The summed E-state index contributed by atoms with van der Waals surface area (Å²) in [6, 6.07) is 14.5. The molecule has 3 N–H and O–H groups in total. The average molecular weight is 397 g/mol. The van der Waals surface area contributed by atoms with Crippen LogP contribution in [0.3, 0.4) is 0 Å². The van der Waals surface area contributed by atoms with E-state index in [1.807, 2.05) is 30.3 Å². The highest BCUT2D eigenvalue weighted by Crippen LogP contribution is 2.46. The summed E-state index contributed by atoms with van der Waals surface area (Å²) in [5.74, 6) is -2.75. The Morgan fingerprint density at radius 2 is 1.76 bits per heavy atom. The first kappa shape index (κ1) is 20.5. The number of rotatable bonds is 9. The van der Waals surface area contributed by atoms with E-state index in [2.05, 4.69) is 5.32 Å². The molecule has 1 atom stereocenters. The highest BCUT2D eigenvalue weighted by Gasteiger charge is 2.49. The molecule has 0 aliphatic heterocycles. The largest absolute Gasteiger partial charge is 0.480 e. The van der Waals surface area contributed by atoms with Crippen LogP contribution in [0.15, 0.2) is 54.6 Å². The smallest absolute Gasteiger partial charge is 0.335 e. The van der Waals surface area contributed by atoms with Crippen LogP contribution in [0.1, 0.15) is 40.7 Å². The lowest BCUT2D eigenvalue weighted by Crippen LogP contribution is -2.58. The predicted octanol–water partition coefficient (Wildman–Crippen LogP) is 2.59. The van der Waals surface area contributed by atoms with Crippen molar-refractivity contribution in [1.82, 2.24) is 5.32 Å². The minimum atomic E-state index is -1.16. The number of ether oxygens (including phenoxy) is 1. The summed E-state index contributed by atoms with van der Waals surface area (Å²) < 4.78 is 5.40. The number of carboxylic acid groups (broad SMARTS) is 2. The van der Waals surface area contributed by atoms with E-state index in [9.17, 15) is 24.6 Å². The average Bonchev–Trinajstić information content (AvgIpc) is 2.67. The number of hydrogen-bond donors (Lipinski definition) is 3. The number of carbonyl (C=O) groups excluding carboxylic acids is 1. The topological polar surface area (TPSA) is 113 Å². The van der Waals surface area contributed by atoms with E-state index in [-0.39, 0.29) is 18.8 Å². The SMILES string of the molecule is O=C(COCc1ccccc1)NC(C(=O)O)C1(c2cccc(C(=O)O)c2)CCC1. The second-order valence-electron chi connectivity index (χ2n) is 7.21. The Kier molecular flexibility index (Phi) is 6.29. The summed E-state index contributed by atoms with van der Waals surface area (Å²) in [7, 11) is 0. The van der Waals surface area contributed by atoms with Crippen molar-refractivity contribution in [3.63, 3.8) is 0 Å². The maximum atomic E-state index is 12.3. The summed E-state index contributed by atoms with van der Waals surface area (Å²) in [5.41, 5.74) is 0.792. The number of nitrogens with one attached hydrogen (secondary N) is 1. The number of hydrogen-bond acceptors (Lipinski definition) is 4. The van der Waals surface area contributed by atoms with Gasteiger partial charge in [0.15, 0.2) is 0 Å². The van der Waals surface area contributed by atoms with Gasteiger partial charge in [0.2, 0.25) is 5.91 Å². The second kappa shape index (κ2) is 8.87. The monoisotopic (exact) mass is 397 g/mol. The van der Waals surface area contributed by atoms with Crippen LogP contribution in [0, 0.1) is 0 Å². The summed E-state index contributed by atoms with van der Waals surface area (Å²) in [5, 5.41) is 21.6. The zero-order valence-corrected chi connectivity index (χ0v) is 15.8. The van der Waals surface area contributed by atoms with Crippen LogP contribution in [0.25, 0.3) is 0 Å². The minimum Gasteiger partial charge on any atom is -0.480 e. The summed E-state index contributed by atoms with van der Waals surface area (Å²) in [6.45, 7) is -0.0122. The Bertz CT molecular complexity index is 891. The molecule has 1 fully saturated rings. The minimum absolute atomic E-state index is 0.0930. The van der Waals surface area contributed by atoms with Crippen LogP contribution in [0.4, 0.5) is 0 Å². The molecule has 0 heterocycles. The van der Waals surface area contributed by atoms with Gasteiger partial charge in [-0.1, -0.05) is 48.9 Å². The van der Waals surface area contributed by atoms with Gasteiger partial charge in [-0.25, -0.2) is 9.59 Å². The molecule has 1 aliphatic carbocycles. The van der Waals surface area contributed by atoms with Crippen molar-refractivity contribution < 1.29 is 29.3 Å². The van der Waals surface area contributed by atoms with Crippen molar-refractivity contribution >= 4 is 17.8 Å². The fraction of sp³-hybridized carbons (Fsp3) is 0.318. The molecule has 0 spiro atoms. The highest BCUT2D eigenvalue weighted by atomic mass is 16.5. The van der Waals surface area contributed by atoms with Gasteiger partial charge in [0.05, 0.1) is 12.2 Å². The Balaban J connectivity index is 1.70. The Morgan fingerprint density at radius 3 is 2.34 bits per heavy atom. The van der Waals surface area contributed by atoms with Gasteiger partial charge in [0, 0.05) is 5.41 Å². The molecule has 7 heteroatoms. The molecule has 29 heavy (non-hydrogen) atoms. The van der Waals surface area contributed by atoms with Crippen LogP contribution in [0.2, 0.25) is 0 Å². The number of carbonyl (C=O) groups is 3. The molecular weight excluding hydrogens is 374 g/mol. The molecular formula is C22H23NO6. The summed E-state index contributed by atoms with van der Waals surface area (Å²) in [4.78, 5) is 35.6. The number of benzene rings is 2. The molecule has 1 unspecified atom stereocenters. The molecule has 1 amide bonds. The van der Waals surface area contributed by atoms with Crippen LogP contribution >= 0.6 is 0 Å². The van der Waals surface area contributed by atoms with Crippen molar-refractivity contribution in [2.24, 2.45) is 0 Å². The fourth-order valence-electron chi connectivity index (χ4n) is 3.74. The van der Waals surface area contributed by atoms with Crippen LogP contribution < -0.4 is 5.32 Å². The van der Waals surface area contributed by atoms with Gasteiger partial charge in [-0.3, -0.25) is 4.79 Å². The van der Waals surface area contributed by atoms with Gasteiger partial charge in [-0.2, -0.15) is 0 Å². The molecule has 0 saturated heterocycles. The lowest BCUT2D eigenvalue weighted by molar-refractivity contribution is -0.146. The zero-order valence-electron chi connectivity index (χ0n) is 15.8. The zero-order chi connectivity index (χ0) is 20.9. The van der Waals surface area contributed by atoms with Crippen molar-refractivity contribution in [3.8, 4) is 0 Å². The van der Waals surface area contributed by atoms with Crippen LogP contribution in [-0.2, 0) is 26.3 Å². The number of amides is 1. The summed E-state index contributed by atoms with van der Waals surface area (Å²) in [6.07, 6.45) is 1.91. The number of aliphatic carboxylic acids is 1. The van der Waals surface area contributed by atoms with Gasteiger partial charge in [-0.05, 0) is 36.1 Å². The Hall–Kier alpha value is -3.19. The molecule has 2 aromatic carbocycles. The fourth-order valence-corrected chi connectivity index (χ4v) is 3.74. The van der Waals surface area contributed by atoms with Gasteiger partial charge in [-0.15, -0.1) is 0 Å². The van der Waals surface area contributed by atoms with Crippen LogP contribution in [-0.4, -0.2) is 40.7 Å². The predicted molar refractivity (Wildman–Crippen MR) is 105 cm³/mol. The van der Waals surface area contributed by atoms with E-state index >= 15 is 0 Å². The molecule has 152 valence electrons. The van der Waals surface area contributed by atoms with Gasteiger partial charge in [0.1, 0.15) is 12.6 Å². The molecule has 0 aromatic heterocycles. The van der Waals surface area contributed by atoms with E-state index in [4.69, 9.17) is 4.74 Å². The molecule has 0 radical (unpaired) electrons. The third-order valence-corrected chi connectivity index (χ3v) is 5.38. The van der Waals surface area contributed by atoms with Gasteiger partial charge in [0.25, 0.3) is 0 Å². The Labute approximate surface area is 168 Å². The maximum absolute atomic E-state index is 12.3. The van der Waals surface area contributed by atoms with E-state index in [1.54, 1.807) is 12.1 Å². The van der Waals surface area contributed by atoms with Crippen molar-refractivity contribution in [1.29, 1.82) is 0 Å². The molecule has 1 saturated carbocycles. The summed E-state index contributed by atoms with van der Waals surface area (Å²) >= 11 is 0. The number of aromatic carboxylic acids is 1. The van der Waals surface area contributed by atoms with Gasteiger partial charge < -0.3 is 20.3 Å². The maximum Gasteiger partial charge on any atom is 0.335 e. The first-order valence-electron chi connectivity index (χ1n) is 9.40. The lowest BCUT2D eigenvalue weighted by atomic mass is 9.60. The third kappa shape index (κ3) is 4.63. The second-order valence-corrected chi connectivity index (χ2v) is 7.21. The molecule has 7 nitrogen and oxygen atoms in total. The van der Waals surface area contributed by atoms with E-state index in [0.29, 0.717) is 18.4 Å². The lowest BCUT2D eigenvalue weighted by Gasteiger charge is -2.46. The normalized spacial score (nSPS) is 15.7. The standard InChI is InChI=1S/C22H23NO6/c24-18(14-29-13-15-6-2-1-3-7-15)23-19(21(27)28)22(10-5-11-22)17-9-4-8-16(12-17)20(25)26/h1-4,6-9,12,19H,5,10-11,13-14H2,(H,23,24)(H,25,26)(H,27,28). The third-order valence-electron chi connectivity index (χ3n) is 5.38. The molecule has 3 rings (SSSR count). The van der Waals surface area contributed by atoms with Crippen molar-refractivity contribution in [2.75, 3.05) is 6.61 Å². The first-order valence-corrected chi connectivity index (χ1v) is 9.40. The Morgan fingerprint density at radius 1 is 1.03 bits per heavy atom. The van der Waals surface area contributed by atoms with Gasteiger partial charge >= 0.3 is 11.9 Å². The molecule has 2 aromatic rings. The van der Waals surface area contributed by atoms with Crippen molar-refractivity contribution in [3.05, 3.63) is 71.3 Å². The number of carboxylic acids is 2. The quantitative estimate of drug-likeness (QED) is 0.599. The molecule has 0 bridgehead atoms. The molecule has 1 aliphatic rings. The van der Waals surface area contributed by atoms with E-state index < -0.39 is 29.3 Å². The van der Waals surface area contributed by atoms with E-state index in [1.165, 1.54) is 12.1 Å². The first-order chi connectivity index (χ1) is 13.9. The van der Waals surface area contributed by atoms with E-state index in [0.717, 1.165) is 12.0 Å². The van der Waals surface area contributed by atoms with Crippen LogP contribution in [0.5, 0.6) is 0 Å².